The normalized spacial score (nSPS) is 15.3. The number of halogens is 2. The lowest BCUT2D eigenvalue weighted by Crippen LogP contribution is -2.41. The van der Waals surface area contributed by atoms with Gasteiger partial charge in [0.25, 0.3) is 0 Å². The molecule has 0 N–H and O–H groups in total. The van der Waals surface area contributed by atoms with E-state index in [4.69, 9.17) is 47.4 Å². The van der Waals surface area contributed by atoms with Crippen molar-refractivity contribution in [2.75, 3.05) is 47.5 Å². The zero-order valence-electron chi connectivity index (χ0n) is 49.1. The second-order valence-electron chi connectivity index (χ2n) is 25.4. The third kappa shape index (κ3) is 15.1. The Balaban J connectivity index is 0.000000254. The molecule has 2 saturated heterocycles. The van der Waals surface area contributed by atoms with E-state index in [1.165, 1.54) is 18.4 Å². The molecule has 2 amide bonds. The highest BCUT2D eigenvalue weighted by atomic mass is 35.5. The molecular formula is C59H83Cl2N7O7S2. The zero-order valence-corrected chi connectivity index (χ0v) is 52.2. The van der Waals surface area contributed by atoms with E-state index in [-0.39, 0.29) is 58.5 Å². The summed E-state index contributed by atoms with van der Waals surface area (Å²) >= 11 is 16.7. The van der Waals surface area contributed by atoms with Gasteiger partial charge < -0.3 is 28.7 Å². The van der Waals surface area contributed by atoms with Gasteiger partial charge in [-0.2, -0.15) is 5.10 Å². The Morgan fingerprint density at radius 2 is 0.974 bits per heavy atom. The van der Waals surface area contributed by atoms with E-state index in [1.54, 1.807) is 42.1 Å². The summed E-state index contributed by atoms with van der Waals surface area (Å²) in [6, 6.07) is 8.71. The molecule has 422 valence electrons. The van der Waals surface area contributed by atoms with E-state index in [9.17, 15) is 14.4 Å². The van der Waals surface area contributed by atoms with Gasteiger partial charge in [-0.1, -0.05) is 106 Å². The van der Waals surface area contributed by atoms with Crippen LogP contribution in [0, 0.1) is 6.92 Å². The molecule has 14 nitrogen and oxygen atoms in total. The Hall–Kier alpha value is -4.77. The largest absolute Gasteiger partial charge is 0.496 e. The van der Waals surface area contributed by atoms with Crippen LogP contribution in [-0.2, 0) is 53.7 Å². The van der Waals surface area contributed by atoms with Gasteiger partial charge in [0.15, 0.2) is 5.82 Å². The fraction of sp³-hybridized carbons (Fsp3) is 0.610. The van der Waals surface area contributed by atoms with Gasteiger partial charge in [0.05, 0.1) is 31.3 Å². The van der Waals surface area contributed by atoms with Crippen molar-refractivity contribution in [3.05, 3.63) is 76.9 Å². The van der Waals surface area contributed by atoms with Crippen LogP contribution in [0.4, 0.5) is 4.79 Å². The molecule has 18 heteroatoms. The maximum atomic E-state index is 13.1. The molecule has 0 spiro atoms. The van der Waals surface area contributed by atoms with Crippen molar-refractivity contribution in [1.29, 1.82) is 0 Å². The van der Waals surface area contributed by atoms with Gasteiger partial charge in [-0.25, -0.2) is 24.4 Å². The number of thiazole rings is 2. The molecule has 5 aromatic rings. The third-order valence-electron chi connectivity index (χ3n) is 14.0. The van der Waals surface area contributed by atoms with Gasteiger partial charge in [-0.3, -0.25) is 9.59 Å². The average molecular weight is 1140 g/mol. The topological polar surface area (TPSA) is 151 Å². The van der Waals surface area contributed by atoms with Crippen molar-refractivity contribution in [3.63, 3.8) is 0 Å². The van der Waals surface area contributed by atoms with Gasteiger partial charge in [-0.05, 0) is 99.3 Å². The van der Waals surface area contributed by atoms with Gasteiger partial charge in [-0.15, -0.1) is 22.7 Å². The minimum absolute atomic E-state index is 0.0200. The minimum Gasteiger partial charge on any atom is -0.496 e. The summed E-state index contributed by atoms with van der Waals surface area (Å²) in [6.45, 7) is 36.5. The average Bonchev–Trinajstić information content (AvgIpc) is 4.05. The number of benzene rings is 2. The van der Waals surface area contributed by atoms with Crippen LogP contribution in [0.1, 0.15) is 185 Å². The number of aryl methyl sites for hydroxylation is 1. The van der Waals surface area contributed by atoms with E-state index in [0.29, 0.717) is 46.5 Å². The number of rotatable bonds is 10. The molecule has 7 rings (SSSR count). The number of piperidine rings is 2. The van der Waals surface area contributed by atoms with Crippen LogP contribution in [0.2, 0.25) is 8.67 Å². The second kappa shape index (κ2) is 23.9. The maximum absolute atomic E-state index is 13.1. The minimum atomic E-state index is -0.484. The molecule has 0 radical (unpaired) electrons. The van der Waals surface area contributed by atoms with Crippen molar-refractivity contribution in [3.8, 4) is 34.0 Å². The van der Waals surface area contributed by atoms with Crippen molar-refractivity contribution < 1.29 is 33.3 Å². The first kappa shape index (κ1) is 61.4. The van der Waals surface area contributed by atoms with Crippen LogP contribution in [-0.4, -0.2) is 106 Å². The number of likely N-dealkylation sites (tertiary alicyclic amines) is 2. The standard InChI is InChI=1S/C31H42ClN5O4S.C28H41ClN2O3S/c1-18-33-23(16-25(39)40-8)35-37(18)17-24(38)36-12-10-19(11-13-36)29-34-26(28(32)42-29)20-14-21(30(2,3)4)27(41-9)22(15-20)31(5,6)7;1-26(2,3)19-15-18(16-20(22(19)33-10)27(4,5)6)21-23(29)35-24(30-21)17-11-13-31(14-12-17)25(32)34-28(7,8)9/h14-15,19H,10-13,16-17H2,1-9H3;15-17H,11-14H2,1-10H3. The van der Waals surface area contributed by atoms with Crippen molar-refractivity contribution in [1.82, 2.24) is 34.5 Å². The third-order valence-corrected chi connectivity index (χ3v) is 16.8. The summed E-state index contributed by atoms with van der Waals surface area (Å²) in [5.74, 6) is 2.87. The fourth-order valence-electron chi connectivity index (χ4n) is 9.68. The molecule has 77 heavy (non-hydrogen) atoms. The molecular weight excluding hydrogens is 1050 g/mol. The van der Waals surface area contributed by atoms with Crippen LogP contribution in [0.25, 0.3) is 22.5 Å². The van der Waals surface area contributed by atoms with E-state index in [1.807, 2.05) is 25.7 Å². The summed E-state index contributed by atoms with van der Waals surface area (Å²) in [5.41, 5.74) is 7.30. The number of amides is 2. The molecule has 0 unspecified atom stereocenters. The van der Waals surface area contributed by atoms with Gasteiger partial charge >= 0.3 is 12.1 Å². The Morgan fingerprint density at radius 1 is 0.597 bits per heavy atom. The SMILES string of the molecule is COC(=O)Cc1nc(C)n(CC(=O)N2CCC(c3nc(-c4cc(C(C)(C)C)c(OC)c(C(C)(C)C)c4)c(Cl)s3)CC2)n1.COc1c(C(C)(C)C)cc(-c2nc(C3CCN(C(=O)OC(C)(C)C)CC3)sc2Cl)cc1C(C)(C)C. The monoisotopic (exact) mass is 1140 g/mol. The first-order valence-electron chi connectivity index (χ1n) is 26.6. The van der Waals surface area contributed by atoms with Crippen LogP contribution in [0.3, 0.4) is 0 Å². The van der Waals surface area contributed by atoms with Crippen LogP contribution in [0.5, 0.6) is 11.5 Å². The molecule has 2 aliphatic rings. The Labute approximate surface area is 475 Å². The first-order chi connectivity index (χ1) is 35.6. The lowest BCUT2D eigenvalue weighted by atomic mass is 9.78. The van der Waals surface area contributed by atoms with Crippen LogP contribution < -0.4 is 9.47 Å². The van der Waals surface area contributed by atoms with E-state index < -0.39 is 11.6 Å². The van der Waals surface area contributed by atoms with Gasteiger partial charge in [0.1, 0.15) is 56.0 Å². The Bertz CT molecular complexity index is 2840. The van der Waals surface area contributed by atoms with Gasteiger partial charge in [0, 0.05) is 71.4 Å². The number of esters is 1. The molecule has 5 heterocycles. The maximum Gasteiger partial charge on any atom is 0.410 e. The summed E-state index contributed by atoms with van der Waals surface area (Å²) in [6.07, 6.45) is 3.06. The van der Waals surface area contributed by atoms with E-state index in [2.05, 4.69) is 122 Å². The van der Waals surface area contributed by atoms with Crippen LogP contribution >= 0.6 is 45.9 Å². The van der Waals surface area contributed by atoms with Crippen LogP contribution in [0.15, 0.2) is 24.3 Å². The number of methoxy groups -OCH3 is 3. The fourth-order valence-corrected chi connectivity index (χ4v) is 12.4. The number of ether oxygens (including phenoxy) is 4. The molecule has 0 aliphatic carbocycles. The molecule has 2 aliphatic heterocycles. The quantitative estimate of drug-likeness (QED) is 0.123. The number of nitrogens with zero attached hydrogens (tertiary/aromatic N) is 7. The van der Waals surface area contributed by atoms with Crippen molar-refractivity contribution in [2.24, 2.45) is 0 Å². The number of hydrogen-bond acceptors (Lipinski definition) is 13. The predicted octanol–water partition coefficient (Wildman–Crippen LogP) is 14.3. The predicted molar refractivity (Wildman–Crippen MR) is 312 cm³/mol. The molecule has 0 bridgehead atoms. The lowest BCUT2D eigenvalue weighted by molar-refractivity contribution is -0.140. The molecule has 2 aromatic carbocycles. The summed E-state index contributed by atoms with van der Waals surface area (Å²) in [7, 11) is 4.81. The Morgan fingerprint density at radius 3 is 1.31 bits per heavy atom. The smallest absolute Gasteiger partial charge is 0.410 e. The second-order valence-corrected chi connectivity index (χ2v) is 28.7. The van der Waals surface area contributed by atoms with E-state index >= 15 is 0 Å². The number of hydrogen-bond donors (Lipinski definition) is 0. The van der Waals surface area contributed by atoms with Gasteiger partial charge in [0.2, 0.25) is 5.91 Å². The number of aromatic nitrogens is 5. The Kier molecular flexibility index (Phi) is 19.1. The molecule has 2 fully saturated rings. The highest BCUT2D eigenvalue weighted by Crippen LogP contribution is 2.48. The summed E-state index contributed by atoms with van der Waals surface area (Å²) < 4.78 is 25.0. The number of carbonyl (C=O) groups is 3. The first-order valence-corrected chi connectivity index (χ1v) is 29.0. The summed E-state index contributed by atoms with van der Waals surface area (Å²) in [5, 5.41) is 6.36. The number of carbonyl (C=O) groups excluding carboxylic acids is 3. The molecule has 0 atom stereocenters. The van der Waals surface area contributed by atoms with Crippen molar-refractivity contribution >= 4 is 63.8 Å². The molecule has 0 saturated carbocycles. The molecule has 3 aromatic heterocycles. The zero-order chi connectivity index (χ0) is 57.3. The van der Waals surface area contributed by atoms with Crippen molar-refractivity contribution in [2.45, 2.75) is 189 Å². The highest BCUT2D eigenvalue weighted by Gasteiger charge is 2.34. The highest BCUT2D eigenvalue weighted by molar-refractivity contribution is 7.16. The summed E-state index contributed by atoms with van der Waals surface area (Å²) in [4.78, 5) is 55.1. The van der Waals surface area contributed by atoms with E-state index in [0.717, 1.165) is 92.0 Å². The lowest BCUT2D eigenvalue weighted by Gasteiger charge is -2.32.